The van der Waals surface area contributed by atoms with E-state index in [-0.39, 0.29) is 17.1 Å². The highest BCUT2D eigenvalue weighted by Crippen LogP contribution is 2.38. The number of aromatic nitrogens is 5. The summed E-state index contributed by atoms with van der Waals surface area (Å²) >= 11 is 0. The first-order chi connectivity index (χ1) is 13.3. The van der Waals surface area contributed by atoms with Gasteiger partial charge < -0.3 is 5.32 Å². The van der Waals surface area contributed by atoms with Crippen molar-refractivity contribution in [2.45, 2.75) is 65.1 Å². The lowest BCUT2D eigenvalue weighted by Gasteiger charge is -2.22. The van der Waals surface area contributed by atoms with E-state index in [4.69, 9.17) is 0 Å². The Morgan fingerprint density at radius 3 is 2.82 bits per heavy atom. The molecule has 0 spiro atoms. The van der Waals surface area contributed by atoms with Crippen molar-refractivity contribution in [3.63, 3.8) is 0 Å². The largest absolute Gasteiger partial charge is 0.337 e. The second kappa shape index (κ2) is 7.03. The number of rotatable bonds is 4. The smallest absolute Gasteiger partial charge is 0.291 e. The van der Waals surface area contributed by atoms with Crippen molar-refractivity contribution >= 4 is 17.6 Å². The lowest BCUT2D eigenvalue weighted by molar-refractivity contribution is -0.120. The van der Waals surface area contributed by atoms with Gasteiger partial charge >= 0.3 is 0 Å². The molecule has 0 aromatic carbocycles. The van der Waals surface area contributed by atoms with Gasteiger partial charge in [0.1, 0.15) is 18.2 Å². The van der Waals surface area contributed by atoms with E-state index in [0.29, 0.717) is 13.0 Å². The molecule has 1 fully saturated rings. The molecule has 0 radical (unpaired) electrons. The van der Waals surface area contributed by atoms with Crippen molar-refractivity contribution in [3.8, 4) is 0 Å². The number of likely N-dealkylation sites (N-methyl/N-ethyl adjacent to an activating group) is 1. The van der Waals surface area contributed by atoms with Gasteiger partial charge in [-0.2, -0.15) is 5.10 Å². The summed E-state index contributed by atoms with van der Waals surface area (Å²) in [5.74, 6) is 0.268. The van der Waals surface area contributed by atoms with E-state index < -0.39 is 11.9 Å². The summed E-state index contributed by atoms with van der Waals surface area (Å²) in [6, 6.07) is 1.24. The Morgan fingerprint density at radius 1 is 1.32 bits per heavy atom. The van der Waals surface area contributed by atoms with Gasteiger partial charge in [0.2, 0.25) is 5.82 Å². The molecule has 1 N–H and O–H groups in total. The Bertz CT molecular complexity index is 894. The van der Waals surface area contributed by atoms with Gasteiger partial charge in [0, 0.05) is 26.2 Å². The minimum absolute atomic E-state index is 0.106. The second-order valence-corrected chi connectivity index (χ2v) is 8.36. The Morgan fingerprint density at radius 2 is 2.07 bits per heavy atom. The first-order valence-electron chi connectivity index (χ1n) is 9.87. The summed E-state index contributed by atoms with van der Waals surface area (Å²) in [4.78, 5) is 31.1. The van der Waals surface area contributed by atoms with Gasteiger partial charge in [-0.25, -0.2) is 9.67 Å². The topological polar surface area (TPSA) is 97.9 Å². The Kier molecular flexibility index (Phi) is 4.68. The van der Waals surface area contributed by atoms with Gasteiger partial charge in [0.25, 0.3) is 11.8 Å². The first-order valence-corrected chi connectivity index (χ1v) is 9.87. The van der Waals surface area contributed by atoms with Crippen LogP contribution in [0, 0.1) is 12.3 Å². The quantitative estimate of drug-likeness (QED) is 0.861. The fourth-order valence-corrected chi connectivity index (χ4v) is 4.30. The molecule has 2 aliphatic rings. The normalized spacial score (nSPS) is 21.5. The van der Waals surface area contributed by atoms with Crippen LogP contribution in [0.25, 0.3) is 0 Å². The van der Waals surface area contributed by atoms with Crippen LogP contribution in [-0.2, 0) is 17.9 Å². The Balaban J connectivity index is 1.42. The maximum Gasteiger partial charge on any atom is 0.291 e. The number of carbonyl (C=O) groups excluding carboxylic acids is 2. The zero-order valence-electron chi connectivity index (χ0n) is 16.7. The first kappa shape index (κ1) is 18.6. The predicted octanol–water partition coefficient (Wildman–Crippen LogP) is 1.53. The summed E-state index contributed by atoms with van der Waals surface area (Å²) in [5.41, 5.74) is 1.09. The molecule has 2 amide bonds. The summed E-state index contributed by atoms with van der Waals surface area (Å²) in [7, 11) is 1.70. The maximum absolute atomic E-state index is 12.8. The molecule has 0 saturated heterocycles. The lowest BCUT2D eigenvalue weighted by atomic mass is 9.89. The van der Waals surface area contributed by atoms with Crippen molar-refractivity contribution in [1.29, 1.82) is 0 Å². The van der Waals surface area contributed by atoms with Gasteiger partial charge in [-0.3, -0.25) is 19.2 Å². The van der Waals surface area contributed by atoms with Crippen LogP contribution in [0.3, 0.4) is 0 Å². The molecule has 1 aliphatic carbocycles. The summed E-state index contributed by atoms with van der Waals surface area (Å²) in [6.45, 7) is 5.48. The molecular weight excluding hydrogens is 358 g/mol. The average Bonchev–Trinajstić information content (AvgIpc) is 3.36. The molecule has 0 unspecified atom stereocenters. The van der Waals surface area contributed by atoms with E-state index in [9.17, 15) is 9.59 Å². The van der Waals surface area contributed by atoms with Gasteiger partial charge in [0.15, 0.2) is 0 Å². The minimum Gasteiger partial charge on any atom is -0.337 e. The second-order valence-electron chi connectivity index (χ2n) is 8.36. The van der Waals surface area contributed by atoms with Crippen LogP contribution < -0.4 is 10.2 Å². The average molecular weight is 385 g/mol. The molecule has 0 bridgehead atoms. The number of hydrogen-bond acceptors (Lipinski definition) is 5. The van der Waals surface area contributed by atoms with Gasteiger partial charge in [-0.05, 0) is 31.6 Å². The molecule has 3 heterocycles. The zero-order valence-corrected chi connectivity index (χ0v) is 16.7. The van der Waals surface area contributed by atoms with Crippen molar-refractivity contribution < 1.29 is 9.59 Å². The molecule has 28 heavy (non-hydrogen) atoms. The molecule has 150 valence electrons. The number of hydrogen-bond donors (Lipinski definition) is 1. The van der Waals surface area contributed by atoms with E-state index in [1.165, 1.54) is 25.7 Å². The van der Waals surface area contributed by atoms with Gasteiger partial charge in [-0.1, -0.05) is 19.8 Å². The van der Waals surface area contributed by atoms with Crippen LogP contribution in [-0.4, -0.2) is 49.4 Å². The van der Waals surface area contributed by atoms with Crippen LogP contribution in [0.15, 0.2) is 12.4 Å². The fraction of sp³-hybridized carbons (Fsp3) is 0.632. The molecule has 9 nitrogen and oxygen atoms in total. The Labute approximate surface area is 164 Å². The van der Waals surface area contributed by atoms with Crippen molar-refractivity contribution in [2.24, 2.45) is 5.41 Å². The molecule has 1 saturated carbocycles. The molecule has 9 heteroatoms. The number of amides is 2. The van der Waals surface area contributed by atoms with Gasteiger partial charge in [0.05, 0.1) is 5.69 Å². The highest BCUT2D eigenvalue weighted by atomic mass is 16.2. The third-order valence-electron chi connectivity index (χ3n) is 5.88. The van der Waals surface area contributed by atoms with Crippen LogP contribution in [0.1, 0.15) is 55.3 Å². The standard InChI is InChI=1S/C19H27N7O2/c1-13-10-15-24(3)18(28)14(6-9-26(15)22-13)21-17(27)16-20-12-25(23-16)11-19(2)7-4-5-8-19/h10,12,14H,4-9,11H2,1-3H3,(H,21,27)/t14-/m0/s1. The highest BCUT2D eigenvalue weighted by Gasteiger charge is 2.32. The third-order valence-corrected chi connectivity index (χ3v) is 5.88. The number of carbonyl (C=O) groups is 2. The summed E-state index contributed by atoms with van der Waals surface area (Å²) in [6.07, 6.45) is 6.91. The fourth-order valence-electron chi connectivity index (χ4n) is 4.30. The number of anilines is 1. The number of fused-ring (bicyclic) bond motifs is 1. The number of aryl methyl sites for hydroxylation is 2. The minimum atomic E-state index is -0.626. The van der Waals surface area contributed by atoms with E-state index >= 15 is 0 Å². The maximum atomic E-state index is 12.8. The molecule has 1 atom stereocenters. The molecule has 4 rings (SSSR count). The SMILES string of the molecule is Cc1cc2n(n1)CC[C@H](NC(=O)c1ncn(CC3(C)CCCC3)n1)C(=O)N2C. The molecule has 2 aromatic rings. The monoisotopic (exact) mass is 385 g/mol. The van der Waals surface area contributed by atoms with Gasteiger partial charge in [-0.15, -0.1) is 5.10 Å². The van der Waals surface area contributed by atoms with Crippen molar-refractivity contribution in [3.05, 3.63) is 23.9 Å². The Hall–Kier alpha value is -2.71. The van der Waals surface area contributed by atoms with Crippen LogP contribution in [0.2, 0.25) is 0 Å². The van der Waals surface area contributed by atoms with E-state index in [0.717, 1.165) is 18.1 Å². The van der Waals surface area contributed by atoms with Crippen LogP contribution in [0.4, 0.5) is 5.82 Å². The third kappa shape index (κ3) is 3.53. The van der Waals surface area contributed by atoms with E-state index in [2.05, 4.69) is 27.4 Å². The van der Waals surface area contributed by atoms with Crippen molar-refractivity contribution in [2.75, 3.05) is 11.9 Å². The summed E-state index contributed by atoms with van der Waals surface area (Å²) < 4.78 is 3.55. The molecule has 2 aromatic heterocycles. The van der Waals surface area contributed by atoms with Crippen LogP contribution in [0.5, 0.6) is 0 Å². The van der Waals surface area contributed by atoms with E-state index in [1.807, 2.05) is 13.0 Å². The van der Waals surface area contributed by atoms with Crippen LogP contribution >= 0.6 is 0 Å². The zero-order chi connectivity index (χ0) is 19.9. The lowest BCUT2D eigenvalue weighted by Crippen LogP contribution is -2.47. The molecule has 1 aliphatic heterocycles. The highest BCUT2D eigenvalue weighted by molar-refractivity contribution is 6.00. The number of nitrogens with zero attached hydrogens (tertiary/aromatic N) is 6. The van der Waals surface area contributed by atoms with E-state index in [1.54, 1.807) is 27.6 Å². The summed E-state index contributed by atoms with van der Waals surface area (Å²) in [5, 5.41) is 11.6. The molecular formula is C19H27N7O2. The van der Waals surface area contributed by atoms with Crippen molar-refractivity contribution in [1.82, 2.24) is 29.9 Å². The predicted molar refractivity (Wildman–Crippen MR) is 103 cm³/mol. The number of nitrogens with one attached hydrogen (secondary N) is 1.